The zero-order chi connectivity index (χ0) is 24.6. The highest BCUT2D eigenvalue weighted by Gasteiger charge is 2.18. The van der Waals surface area contributed by atoms with E-state index in [0.717, 1.165) is 17.7 Å². The SMILES string of the molecule is CCc1ccc(OCCNC(=O)c2ccc(CN(c3ccc(OC)cc3)S(C)(=O)=O)cc2)cc1. The molecule has 0 aliphatic heterocycles. The van der Waals surface area contributed by atoms with Crippen molar-refractivity contribution < 1.29 is 22.7 Å². The molecule has 1 amide bonds. The van der Waals surface area contributed by atoms with Crippen LogP contribution in [0.15, 0.2) is 72.8 Å². The smallest absolute Gasteiger partial charge is 0.251 e. The molecule has 0 saturated carbocycles. The molecule has 3 rings (SSSR count). The van der Waals surface area contributed by atoms with E-state index in [1.165, 1.54) is 16.1 Å². The van der Waals surface area contributed by atoms with Crippen LogP contribution in [0, 0.1) is 0 Å². The third-order valence-corrected chi connectivity index (χ3v) is 6.43. The van der Waals surface area contributed by atoms with Crippen LogP contribution in [0.1, 0.15) is 28.4 Å². The fourth-order valence-corrected chi connectivity index (χ4v) is 4.22. The number of nitrogens with one attached hydrogen (secondary N) is 1. The van der Waals surface area contributed by atoms with Crippen molar-refractivity contribution in [2.75, 3.05) is 30.8 Å². The molecule has 0 aliphatic rings. The van der Waals surface area contributed by atoms with Gasteiger partial charge in [0.2, 0.25) is 10.0 Å². The molecule has 0 heterocycles. The van der Waals surface area contributed by atoms with Crippen LogP contribution in [-0.2, 0) is 23.0 Å². The number of ether oxygens (including phenoxy) is 2. The number of anilines is 1. The second-order valence-electron chi connectivity index (χ2n) is 7.77. The van der Waals surface area contributed by atoms with Gasteiger partial charge >= 0.3 is 0 Å². The minimum atomic E-state index is -3.50. The van der Waals surface area contributed by atoms with Crippen molar-refractivity contribution in [1.29, 1.82) is 0 Å². The largest absolute Gasteiger partial charge is 0.497 e. The van der Waals surface area contributed by atoms with E-state index in [-0.39, 0.29) is 12.5 Å². The van der Waals surface area contributed by atoms with Crippen molar-refractivity contribution in [3.05, 3.63) is 89.5 Å². The Kier molecular flexibility index (Phi) is 8.54. The fraction of sp³-hybridized carbons (Fsp3) is 0.269. The number of carbonyl (C=O) groups excluding carboxylic acids is 1. The van der Waals surface area contributed by atoms with Crippen molar-refractivity contribution in [1.82, 2.24) is 5.32 Å². The van der Waals surface area contributed by atoms with Gasteiger partial charge < -0.3 is 14.8 Å². The summed E-state index contributed by atoms with van der Waals surface area (Å²) >= 11 is 0. The van der Waals surface area contributed by atoms with Crippen molar-refractivity contribution in [3.8, 4) is 11.5 Å². The second kappa shape index (κ2) is 11.6. The highest BCUT2D eigenvalue weighted by atomic mass is 32.2. The Morgan fingerprint density at radius 3 is 2.03 bits per heavy atom. The maximum Gasteiger partial charge on any atom is 0.251 e. The molecule has 1 N–H and O–H groups in total. The molecule has 0 aliphatic carbocycles. The van der Waals surface area contributed by atoms with E-state index >= 15 is 0 Å². The quantitative estimate of drug-likeness (QED) is 0.417. The Bertz CT molecular complexity index is 1180. The van der Waals surface area contributed by atoms with Gasteiger partial charge in [-0.2, -0.15) is 0 Å². The van der Waals surface area contributed by atoms with E-state index in [1.807, 2.05) is 24.3 Å². The molecule has 180 valence electrons. The average Bonchev–Trinajstić information content (AvgIpc) is 2.85. The fourth-order valence-electron chi connectivity index (χ4n) is 3.33. The van der Waals surface area contributed by atoms with Gasteiger partial charge in [0.1, 0.15) is 18.1 Å². The number of amides is 1. The lowest BCUT2D eigenvalue weighted by Gasteiger charge is -2.23. The third-order valence-electron chi connectivity index (χ3n) is 5.29. The number of aryl methyl sites for hydroxylation is 1. The average molecular weight is 483 g/mol. The molecule has 34 heavy (non-hydrogen) atoms. The van der Waals surface area contributed by atoms with Crippen molar-refractivity contribution in [3.63, 3.8) is 0 Å². The maximum atomic E-state index is 12.4. The van der Waals surface area contributed by atoms with Crippen LogP contribution in [0.2, 0.25) is 0 Å². The van der Waals surface area contributed by atoms with Gasteiger partial charge in [0.25, 0.3) is 5.91 Å². The number of benzene rings is 3. The van der Waals surface area contributed by atoms with Crippen LogP contribution < -0.4 is 19.1 Å². The Hall–Kier alpha value is -3.52. The molecule has 7 nitrogen and oxygen atoms in total. The number of hydrogen-bond acceptors (Lipinski definition) is 5. The first kappa shape index (κ1) is 25.1. The van der Waals surface area contributed by atoms with Crippen molar-refractivity contribution in [2.45, 2.75) is 19.9 Å². The van der Waals surface area contributed by atoms with Crippen molar-refractivity contribution in [2.24, 2.45) is 0 Å². The summed E-state index contributed by atoms with van der Waals surface area (Å²) in [6.45, 7) is 2.98. The van der Waals surface area contributed by atoms with Gasteiger partial charge in [-0.05, 0) is 66.1 Å². The lowest BCUT2D eigenvalue weighted by atomic mass is 10.1. The minimum Gasteiger partial charge on any atom is -0.497 e. The normalized spacial score (nSPS) is 11.0. The zero-order valence-electron chi connectivity index (χ0n) is 19.7. The Morgan fingerprint density at radius 1 is 0.882 bits per heavy atom. The predicted molar refractivity (Wildman–Crippen MR) is 134 cm³/mol. The molecular weight excluding hydrogens is 452 g/mol. The van der Waals surface area contributed by atoms with E-state index in [9.17, 15) is 13.2 Å². The number of hydrogen-bond donors (Lipinski definition) is 1. The highest BCUT2D eigenvalue weighted by molar-refractivity contribution is 7.92. The van der Waals surface area contributed by atoms with Crippen LogP contribution in [0.4, 0.5) is 5.69 Å². The number of methoxy groups -OCH3 is 1. The molecule has 0 aromatic heterocycles. The third kappa shape index (κ3) is 6.99. The molecule has 0 saturated heterocycles. The summed E-state index contributed by atoms with van der Waals surface area (Å²) in [6.07, 6.45) is 2.14. The first-order chi connectivity index (χ1) is 16.3. The first-order valence-corrected chi connectivity index (χ1v) is 12.9. The topological polar surface area (TPSA) is 84.9 Å². The van der Waals surface area contributed by atoms with Crippen LogP contribution in [0.3, 0.4) is 0 Å². The van der Waals surface area contributed by atoms with Crippen LogP contribution in [0.25, 0.3) is 0 Å². The molecule has 0 fully saturated rings. The summed E-state index contributed by atoms with van der Waals surface area (Å²) in [5.41, 5.74) is 3.03. The minimum absolute atomic E-state index is 0.151. The number of nitrogens with zero attached hydrogens (tertiary/aromatic N) is 1. The Balaban J connectivity index is 1.55. The van der Waals surface area contributed by atoms with Gasteiger partial charge in [-0.25, -0.2) is 8.42 Å². The molecule has 3 aromatic rings. The van der Waals surface area contributed by atoms with E-state index in [2.05, 4.69) is 12.2 Å². The summed E-state index contributed by atoms with van der Waals surface area (Å²) in [5, 5.41) is 2.83. The molecule has 0 unspecified atom stereocenters. The van der Waals surface area contributed by atoms with Gasteiger partial charge in [0, 0.05) is 5.56 Å². The first-order valence-electron chi connectivity index (χ1n) is 11.0. The molecule has 0 bridgehead atoms. The summed E-state index contributed by atoms with van der Waals surface area (Å²) in [5.74, 6) is 1.20. The molecule has 3 aromatic carbocycles. The van der Waals surface area contributed by atoms with E-state index in [4.69, 9.17) is 9.47 Å². The summed E-state index contributed by atoms with van der Waals surface area (Å²) in [7, 11) is -1.95. The number of rotatable bonds is 11. The van der Waals surface area contributed by atoms with Crippen LogP contribution >= 0.6 is 0 Å². The van der Waals surface area contributed by atoms with Gasteiger partial charge in [-0.1, -0.05) is 31.2 Å². The maximum absolute atomic E-state index is 12.4. The lowest BCUT2D eigenvalue weighted by molar-refractivity contribution is 0.0947. The Labute approximate surface area is 201 Å². The second-order valence-corrected chi connectivity index (χ2v) is 9.67. The monoisotopic (exact) mass is 482 g/mol. The standard InChI is InChI=1S/C26H30N2O5S/c1-4-20-7-13-25(14-8-20)33-18-17-27-26(29)22-9-5-21(6-10-22)19-28(34(3,30)31)23-11-15-24(32-2)16-12-23/h5-16H,4,17-19H2,1-3H3,(H,27,29). The zero-order valence-corrected chi connectivity index (χ0v) is 20.5. The van der Waals surface area contributed by atoms with E-state index in [1.54, 1.807) is 55.6 Å². The van der Waals surface area contributed by atoms with Gasteiger partial charge in [-0.15, -0.1) is 0 Å². The summed E-state index contributed by atoms with van der Waals surface area (Å²) in [4.78, 5) is 12.4. The molecule has 0 atom stereocenters. The number of sulfonamides is 1. The number of carbonyl (C=O) groups is 1. The lowest BCUT2D eigenvalue weighted by Crippen LogP contribution is -2.29. The van der Waals surface area contributed by atoms with Crippen molar-refractivity contribution >= 4 is 21.6 Å². The van der Waals surface area contributed by atoms with Crippen LogP contribution in [0.5, 0.6) is 11.5 Å². The van der Waals surface area contributed by atoms with E-state index in [0.29, 0.717) is 30.2 Å². The Morgan fingerprint density at radius 2 is 1.47 bits per heavy atom. The van der Waals surface area contributed by atoms with Gasteiger partial charge in [-0.3, -0.25) is 9.10 Å². The predicted octanol–water partition coefficient (Wildman–Crippen LogP) is 4.03. The summed E-state index contributed by atoms with van der Waals surface area (Å²) < 4.78 is 36.8. The van der Waals surface area contributed by atoms with Gasteiger partial charge in [0.05, 0.1) is 32.1 Å². The van der Waals surface area contributed by atoms with Crippen LogP contribution in [-0.4, -0.2) is 40.8 Å². The molecule has 8 heteroatoms. The van der Waals surface area contributed by atoms with Gasteiger partial charge in [0.15, 0.2) is 0 Å². The highest BCUT2D eigenvalue weighted by Crippen LogP contribution is 2.23. The molecular formula is C26H30N2O5S. The van der Waals surface area contributed by atoms with E-state index < -0.39 is 10.0 Å². The molecule has 0 radical (unpaired) electrons. The summed E-state index contributed by atoms with van der Waals surface area (Å²) in [6, 6.07) is 21.6. The molecule has 0 spiro atoms.